The van der Waals surface area contributed by atoms with Gasteiger partial charge in [-0.3, -0.25) is 13.9 Å². The number of hydrogen-bond acceptors (Lipinski definition) is 3. The molecule has 0 amide bonds. The van der Waals surface area contributed by atoms with Gasteiger partial charge in [-0.25, -0.2) is 4.79 Å². The average molecular weight is 294 g/mol. The maximum Gasteiger partial charge on any atom is 0.332 e. The molecule has 0 aliphatic carbocycles. The van der Waals surface area contributed by atoms with Crippen molar-refractivity contribution in [2.45, 2.75) is 13.3 Å². The van der Waals surface area contributed by atoms with Crippen molar-refractivity contribution < 1.29 is 0 Å². The first-order valence-electron chi connectivity index (χ1n) is 6.26. The summed E-state index contributed by atoms with van der Waals surface area (Å²) in [7, 11) is 3.05. The Morgan fingerprint density at radius 2 is 1.85 bits per heavy atom. The summed E-state index contributed by atoms with van der Waals surface area (Å²) >= 11 is 6.15. The number of aryl methyl sites for hydroxylation is 1. The monoisotopic (exact) mass is 293 g/mol. The van der Waals surface area contributed by atoms with Gasteiger partial charge in [0.25, 0.3) is 5.56 Å². The Bertz CT molecular complexity index is 762. The zero-order chi connectivity index (χ0) is 14.9. The molecule has 0 saturated heterocycles. The van der Waals surface area contributed by atoms with Gasteiger partial charge in [-0.15, -0.1) is 0 Å². The molecule has 106 valence electrons. The molecule has 0 radical (unpaired) electrons. The predicted molar refractivity (Wildman–Crippen MR) is 81.0 cm³/mol. The van der Waals surface area contributed by atoms with Crippen LogP contribution in [-0.2, 0) is 20.5 Å². The van der Waals surface area contributed by atoms with Crippen molar-refractivity contribution in [3.8, 4) is 0 Å². The van der Waals surface area contributed by atoms with Crippen LogP contribution in [0.2, 0.25) is 5.02 Å². The third-order valence-corrected chi connectivity index (χ3v) is 3.58. The molecule has 0 saturated carbocycles. The molecule has 0 aliphatic heterocycles. The minimum absolute atomic E-state index is 0.355. The Morgan fingerprint density at radius 1 is 1.15 bits per heavy atom. The number of nitrogens with zero attached hydrogens (tertiary/aromatic N) is 2. The number of rotatable bonds is 3. The minimum Gasteiger partial charge on any atom is -0.341 e. The summed E-state index contributed by atoms with van der Waals surface area (Å²) in [6.45, 7) is 2.03. The van der Waals surface area contributed by atoms with E-state index in [1.165, 1.54) is 17.7 Å². The zero-order valence-corrected chi connectivity index (χ0v) is 12.4. The van der Waals surface area contributed by atoms with Crippen LogP contribution in [0, 0.1) is 0 Å². The molecule has 0 bridgehead atoms. The summed E-state index contributed by atoms with van der Waals surface area (Å²) in [6, 6.07) is 6.95. The number of halogens is 1. The van der Waals surface area contributed by atoms with Crippen molar-refractivity contribution in [2.24, 2.45) is 14.1 Å². The number of benzene rings is 1. The highest BCUT2D eigenvalue weighted by Crippen LogP contribution is 2.23. The highest BCUT2D eigenvalue weighted by molar-refractivity contribution is 6.31. The SMILES string of the molecule is CCc1ccc(Nc2cc(=O)n(C)c(=O)n2C)cc1Cl. The second-order valence-electron chi connectivity index (χ2n) is 4.55. The van der Waals surface area contributed by atoms with E-state index in [0.29, 0.717) is 10.8 Å². The number of hydrogen-bond donors (Lipinski definition) is 1. The van der Waals surface area contributed by atoms with E-state index >= 15 is 0 Å². The van der Waals surface area contributed by atoms with Crippen molar-refractivity contribution in [3.05, 3.63) is 55.7 Å². The van der Waals surface area contributed by atoms with Crippen LogP contribution >= 0.6 is 11.6 Å². The number of aromatic nitrogens is 2. The fourth-order valence-electron chi connectivity index (χ4n) is 1.91. The quantitative estimate of drug-likeness (QED) is 0.942. The third kappa shape index (κ3) is 2.63. The standard InChI is InChI=1S/C14H16ClN3O2/c1-4-9-5-6-10(7-11(9)15)16-12-8-13(19)18(3)14(20)17(12)2/h5-8,16H,4H2,1-3H3. The van der Waals surface area contributed by atoms with E-state index in [2.05, 4.69) is 5.32 Å². The second kappa shape index (κ2) is 5.54. The molecular weight excluding hydrogens is 278 g/mol. The Labute approximate surface area is 121 Å². The second-order valence-corrected chi connectivity index (χ2v) is 4.96. The lowest BCUT2D eigenvalue weighted by molar-refractivity contribution is 0.693. The number of anilines is 2. The Hall–Kier alpha value is -2.01. The molecular formula is C14H16ClN3O2. The van der Waals surface area contributed by atoms with Crippen molar-refractivity contribution >= 4 is 23.1 Å². The van der Waals surface area contributed by atoms with Gasteiger partial charge in [0, 0.05) is 30.9 Å². The first-order chi connectivity index (χ1) is 9.43. The molecule has 0 unspecified atom stereocenters. The van der Waals surface area contributed by atoms with E-state index < -0.39 is 0 Å². The largest absolute Gasteiger partial charge is 0.341 e. The van der Waals surface area contributed by atoms with Gasteiger partial charge < -0.3 is 5.32 Å². The van der Waals surface area contributed by atoms with Crippen LogP contribution in [0.25, 0.3) is 0 Å². The van der Waals surface area contributed by atoms with Crippen molar-refractivity contribution in [2.75, 3.05) is 5.32 Å². The lowest BCUT2D eigenvalue weighted by Crippen LogP contribution is -2.37. The predicted octanol–water partition coefficient (Wildman–Crippen LogP) is 2.04. The molecule has 6 heteroatoms. The van der Waals surface area contributed by atoms with Gasteiger partial charge in [0.2, 0.25) is 0 Å². The first-order valence-corrected chi connectivity index (χ1v) is 6.64. The van der Waals surface area contributed by atoms with Crippen molar-refractivity contribution in [1.29, 1.82) is 0 Å². The van der Waals surface area contributed by atoms with Gasteiger partial charge in [-0.2, -0.15) is 0 Å². The molecule has 0 fully saturated rings. The summed E-state index contributed by atoms with van der Waals surface area (Å²) in [5.74, 6) is 0.429. The molecule has 1 aromatic carbocycles. The Morgan fingerprint density at radius 3 is 2.45 bits per heavy atom. The van der Waals surface area contributed by atoms with Crippen LogP contribution < -0.4 is 16.6 Å². The van der Waals surface area contributed by atoms with Gasteiger partial charge in [0.1, 0.15) is 5.82 Å². The normalized spacial score (nSPS) is 10.6. The lowest BCUT2D eigenvalue weighted by atomic mass is 10.1. The summed E-state index contributed by atoms with van der Waals surface area (Å²) in [6.07, 6.45) is 0.851. The summed E-state index contributed by atoms with van der Waals surface area (Å²) in [4.78, 5) is 23.5. The van der Waals surface area contributed by atoms with Crippen LogP contribution in [0.5, 0.6) is 0 Å². The third-order valence-electron chi connectivity index (χ3n) is 3.23. The van der Waals surface area contributed by atoms with E-state index in [9.17, 15) is 9.59 Å². The van der Waals surface area contributed by atoms with Gasteiger partial charge in [-0.1, -0.05) is 24.6 Å². The lowest BCUT2D eigenvalue weighted by Gasteiger charge is -2.12. The minimum atomic E-state index is -0.378. The van der Waals surface area contributed by atoms with Gasteiger partial charge in [0.05, 0.1) is 0 Å². The van der Waals surface area contributed by atoms with Gasteiger partial charge >= 0.3 is 5.69 Å². The first kappa shape index (κ1) is 14.4. The van der Waals surface area contributed by atoms with E-state index in [1.807, 2.05) is 19.1 Å². The zero-order valence-electron chi connectivity index (χ0n) is 11.6. The van der Waals surface area contributed by atoms with Gasteiger partial charge in [0.15, 0.2) is 0 Å². The highest BCUT2D eigenvalue weighted by Gasteiger charge is 2.07. The van der Waals surface area contributed by atoms with Crippen LogP contribution in [0.4, 0.5) is 11.5 Å². The fourth-order valence-corrected chi connectivity index (χ4v) is 2.23. The number of nitrogens with one attached hydrogen (secondary N) is 1. The van der Waals surface area contributed by atoms with Crippen LogP contribution in [0.1, 0.15) is 12.5 Å². The van der Waals surface area contributed by atoms with E-state index in [1.54, 1.807) is 13.1 Å². The molecule has 1 N–H and O–H groups in total. The maximum absolute atomic E-state index is 11.8. The topological polar surface area (TPSA) is 56.0 Å². The fraction of sp³-hybridized carbons (Fsp3) is 0.286. The summed E-state index contributed by atoms with van der Waals surface area (Å²) in [5, 5.41) is 3.70. The smallest absolute Gasteiger partial charge is 0.332 e. The molecule has 5 nitrogen and oxygen atoms in total. The maximum atomic E-state index is 11.8. The molecule has 20 heavy (non-hydrogen) atoms. The van der Waals surface area contributed by atoms with Crippen molar-refractivity contribution in [3.63, 3.8) is 0 Å². The van der Waals surface area contributed by atoms with Gasteiger partial charge in [-0.05, 0) is 24.1 Å². The molecule has 2 rings (SSSR count). The van der Waals surface area contributed by atoms with Crippen LogP contribution in [0.3, 0.4) is 0 Å². The summed E-state index contributed by atoms with van der Waals surface area (Å²) in [5.41, 5.74) is 1.05. The molecule has 0 spiro atoms. The van der Waals surface area contributed by atoms with E-state index in [0.717, 1.165) is 22.2 Å². The Kier molecular flexibility index (Phi) is 3.99. The highest BCUT2D eigenvalue weighted by atomic mass is 35.5. The average Bonchev–Trinajstić information content (AvgIpc) is 2.42. The van der Waals surface area contributed by atoms with Crippen LogP contribution in [-0.4, -0.2) is 9.13 Å². The summed E-state index contributed by atoms with van der Waals surface area (Å²) < 4.78 is 2.43. The molecule has 2 aromatic rings. The molecule has 0 atom stereocenters. The van der Waals surface area contributed by atoms with E-state index in [4.69, 9.17) is 11.6 Å². The molecule has 0 aliphatic rings. The van der Waals surface area contributed by atoms with E-state index in [-0.39, 0.29) is 11.2 Å². The van der Waals surface area contributed by atoms with Crippen LogP contribution in [0.15, 0.2) is 33.9 Å². The molecule has 1 aromatic heterocycles. The molecule has 1 heterocycles. The van der Waals surface area contributed by atoms with Crippen molar-refractivity contribution in [1.82, 2.24) is 9.13 Å². The Balaban J connectivity index is 2.43.